The molecule has 1 amide bonds. The lowest BCUT2D eigenvalue weighted by molar-refractivity contribution is -0.146. The minimum Gasteiger partial charge on any atom is -0.456 e. The first-order chi connectivity index (χ1) is 11.4. The number of anilines is 1. The number of rotatable bonds is 7. The third-order valence-electron chi connectivity index (χ3n) is 3.02. The fourth-order valence-corrected chi connectivity index (χ4v) is 2.98. The van der Waals surface area contributed by atoms with E-state index in [9.17, 15) is 18.0 Å². The maximum absolute atomic E-state index is 12.1. The number of ether oxygens (including phenoxy) is 1. The summed E-state index contributed by atoms with van der Waals surface area (Å²) in [5, 5.41) is 5.81. The number of sulfone groups is 1. The highest BCUT2D eigenvalue weighted by molar-refractivity contribution is 7.91. The zero-order valence-corrected chi connectivity index (χ0v) is 13.7. The molecule has 1 aromatic carbocycles. The molecular formula is C15H16N2O6S. The van der Waals surface area contributed by atoms with E-state index in [0.717, 1.165) is 5.56 Å². The topological polar surface area (TPSA) is 116 Å². The van der Waals surface area contributed by atoms with E-state index in [4.69, 9.17) is 4.74 Å². The average Bonchev–Trinajstić information content (AvgIpc) is 3.04. The number of carbonyl (C=O) groups excluding carboxylic acids is 2. The molecule has 128 valence electrons. The van der Waals surface area contributed by atoms with E-state index in [1.165, 1.54) is 24.5 Å². The highest BCUT2D eigenvalue weighted by Gasteiger charge is 2.17. The van der Waals surface area contributed by atoms with Crippen molar-refractivity contribution in [2.45, 2.75) is 18.2 Å². The summed E-state index contributed by atoms with van der Waals surface area (Å²) in [6.07, 6.45) is 0.936. The summed E-state index contributed by atoms with van der Waals surface area (Å²) in [5.74, 6) is -1.57. The van der Waals surface area contributed by atoms with Gasteiger partial charge in [-0.2, -0.15) is 0 Å². The zero-order valence-electron chi connectivity index (χ0n) is 12.9. The number of carbonyl (C=O) groups is 2. The Morgan fingerprint density at radius 1 is 1.21 bits per heavy atom. The molecule has 0 aliphatic heterocycles. The fraction of sp³-hybridized carbons (Fsp3) is 0.267. The molecule has 0 aliphatic rings. The van der Waals surface area contributed by atoms with Crippen LogP contribution in [0.15, 0.2) is 46.0 Å². The Morgan fingerprint density at radius 3 is 2.54 bits per heavy atom. The van der Waals surface area contributed by atoms with Gasteiger partial charge in [-0.3, -0.25) is 9.59 Å². The van der Waals surface area contributed by atoms with Gasteiger partial charge in [-0.15, -0.1) is 0 Å². The number of amides is 1. The Kier molecular flexibility index (Phi) is 5.69. The lowest BCUT2D eigenvalue weighted by atomic mass is 10.2. The normalized spacial score (nSPS) is 11.0. The monoisotopic (exact) mass is 352 g/mol. The Labute approximate surface area is 138 Å². The Balaban J connectivity index is 1.78. The van der Waals surface area contributed by atoms with Crippen molar-refractivity contribution >= 4 is 27.5 Å². The molecule has 8 nitrogen and oxygen atoms in total. The van der Waals surface area contributed by atoms with Crippen molar-refractivity contribution in [1.29, 1.82) is 0 Å². The van der Waals surface area contributed by atoms with E-state index in [1.54, 1.807) is 12.1 Å². The van der Waals surface area contributed by atoms with Crippen molar-refractivity contribution in [3.05, 3.63) is 42.2 Å². The molecule has 9 heteroatoms. The van der Waals surface area contributed by atoms with Gasteiger partial charge in [-0.1, -0.05) is 22.9 Å². The summed E-state index contributed by atoms with van der Waals surface area (Å²) in [5.41, 5.74) is 0.937. The Hall–Kier alpha value is -2.68. The van der Waals surface area contributed by atoms with Gasteiger partial charge in [0.25, 0.3) is 5.91 Å². The molecular weight excluding hydrogens is 336 g/mol. The predicted molar refractivity (Wildman–Crippen MR) is 83.9 cm³/mol. The van der Waals surface area contributed by atoms with E-state index in [1.807, 2.05) is 6.92 Å². The molecule has 1 heterocycles. The van der Waals surface area contributed by atoms with Crippen molar-refractivity contribution in [2.24, 2.45) is 0 Å². The van der Waals surface area contributed by atoms with Crippen molar-refractivity contribution in [3.63, 3.8) is 0 Å². The highest BCUT2D eigenvalue weighted by atomic mass is 32.2. The third kappa shape index (κ3) is 5.20. The van der Waals surface area contributed by atoms with Gasteiger partial charge in [-0.05, 0) is 19.1 Å². The van der Waals surface area contributed by atoms with Crippen molar-refractivity contribution in [3.8, 4) is 0 Å². The van der Waals surface area contributed by atoms with Gasteiger partial charge < -0.3 is 14.6 Å². The van der Waals surface area contributed by atoms with Crippen LogP contribution in [0.2, 0.25) is 0 Å². The predicted octanol–water partition coefficient (Wildman–Crippen LogP) is 1.33. The molecule has 0 saturated heterocycles. The Morgan fingerprint density at radius 2 is 1.92 bits per heavy atom. The second kappa shape index (κ2) is 7.73. The van der Waals surface area contributed by atoms with E-state index in [0.29, 0.717) is 0 Å². The summed E-state index contributed by atoms with van der Waals surface area (Å²) in [6.45, 7) is 1.31. The molecule has 24 heavy (non-hydrogen) atoms. The summed E-state index contributed by atoms with van der Waals surface area (Å²) in [4.78, 5) is 23.2. The average molecular weight is 352 g/mol. The molecule has 0 atom stereocenters. The van der Waals surface area contributed by atoms with E-state index < -0.39 is 28.3 Å². The number of benzene rings is 1. The van der Waals surface area contributed by atoms with Crippen molar-refractivity contribution < 1.29 is 27.3 Å². The first-order valence-corrected chi connectivity index (χ1v) is 8.67. The van der Waals surface area contributed by atoms with Crippen LogP contribution < -0.4 is 5.32 Å². The molecule has 2 rings (SSSR count). The van der Waals surface area contributed by atoms with Gasteiger partial charge in [0.1, 0.15) is 6.26 Å². The number of aromatic nitrogens is 1. The number of hydrogen-bond acceptors (Lipinski definition) is 7. The van der Waals surface area contributed by atoms with Crippen LogP contribution >= 0.6 is 0 Å². The van der Waals surface area contributed by atoms with Gasteiger partial charge in [0.2, 0.25) is 0 Å². The van der Waals surface area contributed by atoms with Crippen LogP contribution in [0.4, 0.5) is 5.82 Å². The largest absolute Gasteiger partial charge is 0.456 e. The molecule has 0 bridgehead atoms. The molecule has 0 saturated carbocycles. The van der Waals surface area contributed by atoms with E-state index in [2.05, 4.69) is 15.0 Å². The minimum atomic E-state index is -3.58. The van der Waals surface area contributed by atoms with Crippen LogP contribution in [0.3, 0.4) is 0 Å². The highest BCUT2D eigenvalue weighted by Crippen LogP contribution is 2.13. The number of nitrogens with zero attached hydrogens (tertiary/aromatic N) is 1. The SMILES string of the molecule is Cc1ccc(S(=O)(=O)CCC(=O)OCC(=O)Nc2ccon2)cc1. The zero-order chi connectivity index (χ0) is 17.6. The summed E-state index contributed by atoms with van der Waals surface area (Å²) >= 11 is 0. The molecule has 0 aliphatic carbocycles. The van der Waals surface area contributed by atoms with Crippen LogP contribution in [-0.4, -0.2) is 37.8 Å². The first kappa shape index (κ1) is 17.7. The molecule has 0 radical (unpaired) electrons. The minimum absolute atomic E-state index is 0.143. The van der Waals surface area contributed by atoms with E-state index >= 15 is 0 Å². The van der Waals surface area contributed by atoms with Gasteiger partial charge in [0.15, 0.2) is 22.3 Å². The molecule has 0 unspecified atom stereocenters. The smallest absolute Gasteiger partial charge is 0.307 e. The quantitative estimate of drug-likeness (QED) is 0.747. The number of aryl methyl sites for hydroxylation is 1. The van der Waals surface area contributed by atoms with Gasteiger partial charge in [-0.25, -0.2) is 8.42 Å². The van der Waals surface area contributed by atoms with Crippen molar-refractivity contribution in [2.75, 3.05) is 17.7 Å². The fourth-order valence-electron chi connectivity index (χ4n) is 1.76. The molecule has 1 aromatic heterocycles. The van der Waals surface area contributed by atoms with Crippen LogP contribution in [0, 0.1) is 6.92 Å². The molecule has 2 aromatic rings. The summed E-state index contributed by atoms with van der Waals surface area (Å²) in [6, 6.07) is 7.76. The maximum Gasteiger partial charge on any atom is 0.307 e. The maximum atomic E-state index is 12.1. The second-order valence-electron chi connectivity index (χ2n) is 4.98. The van der Waals surface area contributed by atoms with Crippen LogP contribution in [-0.2, 0) is 24.2 Å². The van der Waals surface area contributed by atoms with E-state index in [-0.39, 0.29) is 22.9 Å². The number of hydrogen-bond donors (Lipinski definition) is 1. The Bertz CT molecular complexity index is 797. The standard InChI is InChI=1S/C15H16N2O6S/c1-11-2-4-12(5-3-11)24(20,21)9-7-15(19)22-10-14(18)16-13-6-8-23-17-13/h2-6,8H,7,9-10H2,1H3,(H,16,17,18). The van der Waals surface area contributed by atoms with Gasteiger partial charge >= 0.3 is 5.97 Å². The van der Waals surface area contributed by atoms with Crippen LogP contribution in [0.5, 0.6) is 0 Å². The van der Waals surface area contributed by atoms with Crippen LogP contribution in [0.25, 0.3) is 0 Å². The molecule has 0 fully saturated rings. The second-order valence-corrected chi connectivity index (χ2v) is 7.08. The number of esters is 1. The van der Waals surface area contributed by atoms with Crippen LogP contribution in [0.1, 0.15) is 12.0 Å². The lowest BCUT2D eigenvalue weighted by Crippen LogP contribution is -2.22. The molecule has 0 spiro atoms. The first-order valence-electron chi connectivity index (χ1n) is 7.02. The number of nitrogens with one attached hydrogen (secondary N) is 1. The third-order valence-corrected chi connectivity index (χ3v) is 4.76. The summed E-state index contributed by atoms with van der Waals surface area (Å²) in [7, 11) is -3.58. The molecule has 1 N–H and O–H groups in total. The summed E-state index contributed by atoms with van der Waals surface area (Å²) < 4.78 is 33.4. The van der Waals surface area contributed by atoms with Gasteiger partial charge in [0.05, 0.1) is 17.1 Å². The van der Waals surface area contributed by atoms with Gasteiger partial charge in [0, 0.05) is 6.07 Å². The lowest BCUT2D eigenvalue weighted by Gasteiger charge is -2.06. The van der Waals surface area contributed by atoms with Crippen molar-refractivity contribution in [1.82, 2.24) is 5.16 Å².